The van der Waals surface area contributed by atoms with Gasteiger partial charge < -0.3 is 10.5 Å². The SMILES string of the molecule is CCC(N)C1C[N]CO1. The van der Waals surface area contributed by atoms with E-state index in [9.17, 15) is 0 Å². The molecule has 2 unspecified atom stereocenters. The summed E-state index contributed by atoms with van der Waals surface area (Å²) in [5.41, 5.74) is 5.69. The largest absolute Gasteiger partial charge is 0.359 e. The molecule has 2 atom stereocenters. The van der Waals surface area contributed by atoms with Crippen molar-refractivity contribution in [3.8, 4) is 0 Å². The molecule has 53 valence electrons. The van der Waals surface area contributed by atoms with Gasteiger partial charge in [0.15, 0.2) is 0 Å². The van der Waals surface area contributed by atoms with Gasteiger partial charge in [-0.05, 0) is 6.42 Å². The first kappa shape index (κ1) is 6.99. The third-order valence-corrected chi connectivity index (χ3v) is 1.64. The third-order valence-electron chi connectivity index (χ3n) is 1.64. The van der Waals surface area contributed by atoms with Crippen molar-refractivity contribution in [2.45, 2.75) is 25.5 Å². The van der Waals surface area contributed by atoms with Crippen molar-refractivity contribution >= 4 is 0 Å². The highest BCUT2D eigenvalue weighted by molar-refractivity contribution is 4.76. The van der Waals surface area contributed by atoms with Gasteiger partial charge in [-0.2, -0.15) is 0 Å². The van der Waals surface area contributed by atoms with Crippen molar-refractivity contribution in [1.82, 2.24) is 5.32 Å². The Morgan fingerprint density at radius 3 is 3.11 bits per heavy atom. The molecule has 1 fully saturated rings. The molecule has 0 aromatic heterocycles. The van der Waals surface area contributed by atoms with Crippen molar-refractivity contribution in [2.75, 3.05) is 13.3 Å². The van der Waals surface area contributed by atoms with Gasteiger partial charge in [0, 0.05) is 12.6 Å². The molecule has 0 spiro atoms. The molecule has 1 heterocycles. The first-order valence-electron chi connectivity index (χ1n) is 3.35. The third kappa shape index (κ3) is 1.64. The lowest BCUT2D eigenvalue weighted by Crippen LogP contribution is -2.35. The van der Waals surface area contributed by atoms with Crippen LogP contribution < -0.4 is 11.1 Å². The average Bonchev–Trinajstić information content (AvgIpc) is 2.37. The molecule has 0 aliphatic carbocycles. The summed E-state index contributed by atoms with van der Waals surface area (Å²) in [5, 5.41) is 4.03. The molecule has 1 aliphatic rings. The zero-order valence-electron chi connectivity index (χ0n) is 5.71. The van der Waals surface area contributed by atoms with Gasteiger partial charge >= 0.3 is 0 Å². The van der Waals surface area contributed by atoms with Gasteiger partial charge in [0.2, 0.25) is 0 Å². The number of hydrogen-bond acceptors (Lipinski definition) is 2. The summed E-state index contributed by atoms with van der Waals surface area (Å²) >= 11 is 0. The van der Waals surface area contributed by atoms with Crippen molar-refractivity contribution in [2.24, 2.45) is 5.73 Å². The van der Waals surface area contributed by atoms with Crippen LogP contribution in [-0.4, -0.2) is 25.4 Å². The van der Waals surface area contributed by atoms with Gasteiger partial charge in [0.05, 0.1) is 6.10 Å². The smallest absolute Gasteiger partial charge is 0.113 e. The molecule has 0 saturated carbocycles. The normalized spacial score (nSPS) is 30.7. The molecule has 1 rings (SSSR count). The van der Waals surface area contributed by atoms with Crippen molar-refractivity contribution < 1.29 is 4.74 Å². The van der Waals surface area contributed by atoms with Crippen LogP contribution >= 0.6 is 0 Å². The molecule has 9 heavy (non-hydrogen) atoms. The fourth-order valence-corrected chi connectivity index (χ4v) is 0.903. The van der Waals surface area contributed by atoms with E-state index in [2.05, 4.69) is 12.2 Å². The highest BCUT2D eigenvalue weighted by Crippen LogP contribution is 2.04. The number of ether oxygens (including phenoxy) is 1. The Kier molecular flexibility index (Phi) is 2.45. The van der Waals surface area contributed by atoms with Crippen molar-refractivity contribution in [3.63, 3.8) is 0 Å². The van der Waals surface area contributed by atoms with E-state index in [1.54, 1.807) is 0 Å². The standard InChI is InChI=1S/C6H13N2O/c1-2-5(7)6-3-8-4-9-6/h5-6H,2-4,7H2,1H3. The second kappa shape index (κ2) is 3.15. The number of nitrogens with two attached hydrogens (primary N) is 1. The van der Waals surface area contributed by atoms with Crippen LogP contribution in [0.1, 0.15) is 13.3 Å². The molecule has 1 saturated heterocycles. The summed E-state index contributed by atoms with van der Waals surface area (Å²) in [6.07, 6.45) is 1.16. The van der Waals surface area contributed by atoms with Crippen LogP contribution in [0.25, 0.3) is 0 Å². The molecule has 2 N–H and O–H groups in total. The molecule has 0 bridgehead atoms. The Labute approximate surface area is 55.6 Å². The van der Waals surface area contributed by atoms with Gasteiger partial charge in [0.1, 0.15) is 6.73 Å². The van der Waals surface area contributed by atoms with E-state index >= 15 is 0 Å². The van der Waals surface area contributed by atoms with Crippen LogP contribution in [0.5, 0.6) is 0 Å². The molecule has 1 aliphatic heterocycles. The summed E-state index contributed by atoms with van der Waals surface area (Å²) < 4.78 is 5.21. The minimum Gasteiger partial charge on any atom is -0.359 e. The maximum absolute atomic E-state index is 5.69. The molecule has 0 aromatic carbocycles. The number of rotatable bonds is 2. The Morgan fingerprint density at radius 2 is 2.67 bits per heavy atom. The molecule has 0 aromatic rings. The minimum atomic E-state index is 0.177. The Morgan fingerprint density at radius 1 is 1.89 bits per heavy atom. The lowest BCUT2D eigenvalue weighted by Gasteiger charge is -2.14. The van der Waals surface area contributed by atoms with E-state index < -0.39 is 0 Å². The summed E-state index contributed by atoms with van der Waals surface area (Å²) in [5.74, 6) is 0. The van der Waals surface area contributed by atoms with Crippen LogP contribution in [0.4, 0.5) is 0 Å². The van der Waals surface area contributed by atoms with Crippen molar-refractivity contribution in [1.29, 1.82) is 0 Å². The lowest BCUT2D eigenvalue weighted by atomic mass is 10.1. The van der Waals surface area contributed by atoms with E-state index in [-0.39, 0.29) is 12.1 Å². The Balaban J connectivity index is 2.24. The topological polar surface area (TPSA) is 49.4 Å². The van der Waals surface area contributed by atoms with Gasteiger partial charge in [-0.25, -0.2) is 5.32 Å². The summed E-state index contributed by atoms with van der Waals surface area (Å²) in [6.45, 7) is 3.39. The van der Waals surface area contributed by atoms with E-state index in [1.807, 2.05) is 0 Å². The maximum atomic E-state index is 5.69. The molecule has 1 radical (unpaired) electrons. The summed E-state index contributed by atoms with van der Waals surface area (Å²) in [6, 6.07) is 0.177. The van der Waals surface area contributed by atoms with E-state index in [0.717, 1.165) is 13.0 Å². The zero-order valence-corrected chi connectivity index (χ0v) is 5.71. The van der Waals surface area contributed by atoms with Gasteiger partial charge in [-0.1, -0.05) is 6.92 Å². The Bertz CT molecular complexity index is 81.1. The van der Waals surface area contributed by atoms with Crippen LogP contribution in [-0.2, 0) is 4.74 Å². The van der Waals surface area contributed by atoms with E-state index in [4.69, 9.17) is 10.5 Å². The van der Waals surface area contributed by atoms with Gasteiger partial charge in [0.25, 0.3) is 0 Å². The average molecular weight is 129 g/mol. The second-order valence-corrected chi connectivity index (χ2v) is 2.31. The molecular formula is C6H13N2O. The fourth-order valence-electron chi connectivity index (χ4n) is 0.903. The molecule has 3 heteroatoms. The highest BCUT2D eigenvalue weighted by Gasteiger charge is 2.21. The lowest BCUT2D eigenvalue weighted by molar-refractivity contribution is 0.0919. The van der Waals surface area contributed by atoms with Crippen LogP contribution in [0, 0.1) is 0 Å². The highest BCUT2D eigenvalue weighted by atomic mass is 16.5. The summed E-state index contributed by atoms with van der Waals surface area (Å²) in [7, 11) is 0. The summed E-state index contributed by atoms with van der Waals surface area (Å²) in [4.78, 5) is 0. The zero-order chi connectivity index (χ0) is 6.69. The van der Waals surface area contributed by atoms with Crippen LogP contribution in [0.3, 0.4) is 0 Å². The maximum Gasteiger partial charge on any atom is 0.113 e. The van der Waals surface area contributed by atoms with E-state index in [0.29, 0.717) is 6.73 Å². The number of nitrogens with zero attached hydrogens (tertiary/aromatic N) is 1. The monoisotopic (exact) mass is 129 g/mol. The van der Waals surface area contributed by atoms with Gasteiger partial charge in [-0.15, -0.1) is 0 Å². The predicted octanol–water partition coefficient (Wildman–Crippen LogP) is -0.316. The van der Waals surface area contributed by atoms with Gasteiger partial charge in [-0.3, -0.25) is 0 Å². The van der Waals surface area contributed by atoms with Crippen LogP contribution in [0.15, 0.2) is 0 Å². The first-order chi connectivity index (χ1) is 4.34. The molecule has 3 nitrogen and oxygen atoms in total. The van der Waals surface area contributed by atoms with Crippen molar-refractivity contribution in [3.05, 3.63) is 0 Å². The predicted molar refractivity (Wildman–Crippen MR) is 35.0 cm³/mol. The van der Waals surface area contributed by atoms with Crippen LogP contribution in [0.2, 0.25) is 0 Å². The second-order valence-electron chi connectivity index (χ2n) is 2.31. The number of hydrogen-bond donors (Lipinski definition) is 1. The minimum absolute atomic E-state index is 0.177. The molecule has 0 amide bonds. The first-order valence-corrected chi connectivity index (χ1v) is 3.35. The fraction of sp³-hybridized carbons (Fsp3) is 1.00. The quantitative estimate of drug-likeness (QED) is 0.555. The Hall–Kier alpha value is -0.120. The van der Waals surface area contributed by atoms with E-state index in [1.165, 1.54) is 0 Å². The molecular weight excluding hydrogens is 116 g/mol.